The Morgan fingerprint density at radius 3 is 1.30 bits per heavy atom. The lowest BCUT2D eigenvalue weighted by Gasteiger charge is -2.11. The number of aromatic nitrogens is 2. The van der Waals surface area contributed by atoms with Crippen molar-refractivity contribution in [1.29, 1.82) is 0 Å². The van der Waals surface area contributed by atoms with Crippen LogP contribution < -0.4 is 0 Å². The van der Waals surface area contributed by atoms with E-state index in [4.69, 9.17) is 0 Å². The first-order valence-electron chi connectivity index (χ1n) is 19.5. The van der Waals surface area contributed by atoms with Gasteiger partial charge in [0.15, 0.2) is 0 Å². The van der Waals surface area contributed by atoms with Crippen LogP contribution in [0.5, 0.6) is 0 Å². The van der Waals surface area contributed by atoms with Crippen LogP contribution in [-0.4, -0.2) is 9.13 Å². The summed E-state index contributed by atoms with van der Waals surface area (Å²) in [5, 5.41) is 7.82. The minimum absolute atomic E-state index is 1.15. The SMILES string of the molecule is c1ccc(-c2ccc3c(c2)c2cc(-c4ccccc4)ccc2n3-c2ccc(-c3ccc(-n4c5ccccc5c5c6c(ccc54)sc4ccccc46)cc3)cc2)cc1. The molecule has 0 radical (unpaired) electrons. The van der Waals surface area contributed by atoms with Crippen molar-refractivity contribution in [3.05, 3.63) is 206 Å². The predicted molar refractivity (Wildman–Crippen MR) is 244 cm³/mol. The lowest BCUT2D eigenvalue weighted by atomic mass is 10.0. The highest BCUT2D eigenvalue weighted by Gasteiger charge is 2.18. The smallest absolute Gasteiger partial charge is 0.0548 e. The molecule has 12 aromatic rings. The molecule has 0 saturated heterocycles. The van der Waals surface area contributed by atoms with Crippen molar-refractivity contribution in [1.82, 2.24) is 9.13 Å². The Labute approximate surface area is 333 Å². The van der Waals surface area contributed by atoms with E-state index in [-0.39, 0.29) is 0 Å². The molecule has 0 unspecified atom stereocenters. The molecule has 266 valence electrons. The molecule has 9 aromatic carbocycles. The summed E-state index contributed by atoms with van der Waals surface area (Å²) in [7, 11) is 0. The molecule has 57 heavy (non-hydrogen) atoms. The summed E-state index contributed by atoms with van der Waals surface area (Å²) >= 11 is 1.88. The summed E-state index contributed by atoms with van der Waals surface area (Å²) in [4.78, 5) is 0. The molecule has 0 aliphatic heterocycles. The average molecular weight is 743 g/mol. The van der Waals surface area contributed by atoms with E-state index in [1.165, 1.54) is 97.2 Å². The van der Waals surface area contributed by atoms with Gasteiger partial charge in [0.25, 0.3) is 0 Å². The van der Waals surface area contributed by atoms with Gasteiger partial charge in [0.2, 0.25) is 0 Å². The summed E-state index contributed by atoms with van der Waals surface area (Å²) in [6.45, 7) is 0. The van der Waals surface area contributed by atoms with E-state index in [0.29, 0.717) is 0 Å². The fraction of sp³-hybridized carbons (Fsp3) is 0. The van der Waals surface area contributed by atoms with Gasteiger partial charge in [-0.25, -0.2) is 0 Å². The van der Waals surface area contributed by atoms with Gasteiger partial charge < -0.3 is 9.13 Å². The molecule has 0 bridgehead atoms. The van der Waals surface area contributed by atoms with Crippen molar-refractivity contribution in [2.45, 2.75) is 0 Å². The molecule has 0 saturated carbocycles. The molecule has 0 N–H and O–H groups in total. The molecule has 3 heteroatoms. The largest absolute Gasteiger partial charge is 0.309 e. The Bertz CT molecular complexity index is 3380. The predicted octanol–water partition coefficient (Wildman–Crippen LogP) is 15.2. The zero-order valence-corrected chi connectivity index (χ0v) is 31.7. The number of para-hydroxylation sites is 1. The summed E-state index contributed by atoms with van der Waals surface area (Å²) in [5.41, 5.74) is 14.5. The molecular formula is C54H34N2S. The van der Waals surface area contributed by atoms with Crippen LogP contribution in [0.15, 0.2) is 206 Å². The van der Waals surface area contributed by atoms with E-state index in [0.717, 1.165) is 11.4 Å². The third kappa shape index (κ3) is 5.03. The number of rotatable bonds is 5. The molecule has 0 atom stereocenters. The fourth-order valence-corrected chi connectivity index (χ4v) is 10.2. The molecular weight excluding hydrogens is 709 g/mol. The van der Waals surface area contributed by atoms with Crippen molar-refractivity contribution >= 4 is 75.1 Å². The van der Waals surface area contributed by atoms with Gasteiger partial charge >= 0.3 is 0 Å². The molecule has 3 aromatic heterocycles. The normalized spacial score (nSPS) is 11.9. The van der Waals surface area contributed by atoms with Gasteiger partial charge in [-0.2, -0.15) is 0 Å². The van der Waals surface area contributed by atoms with E-state index in [2.05, 4.69) is 215 Å². The van der Waals surface area contributed by atoms with Gasteiger partial charge in [-0.3, -0.25) is 0 Å². The van der Waals surface area contributed by atoms with E-state index in [9.17, 15) is 0 Å². The fourth-order valence-electron chi connectivity index (χ4n) is 9.08. The van der Waals surface area contributed by atoms with Crippen LogP contribution in [0.25, 0.3) is 109 Å². The molecule has 0 aliphatic carbocycles. The zero-order chi connectivity index (χ0) is 37.5. The monoisotopic (exact) mass is 742 g/mol. The van der Waals surface area contributed by atoms with Crippen LogP contribution in [0.4, 0.5) is 0 Å². The lowest BCUT2D eigenvalue weighted by molar-refractivity contribution is 1.18. The number of nitrogens with zero attached hydrogens (tertiary/aromatic N) is 2. The maximum atomic E-state index is 2.43. The third-order valence-corrected chi connectivity index (χ3v) is 12.9. The highest BCUT2D eigenvalue weighted by atomic mass is 32.1. The third-order valence-electron chi connectivity index (χ3n) is 11.7. The van der Waals surface area contributed by atoms with Gasteiger partial charge in [0, 0.05) is 53.1 Å². The standard InChI is InChI=1S/C54H34N2S/c1-3-11-35(12-4-1)39-23-29-48-45(33-39)46-34-40(36-13-5-2-6-14-36)24-30-49(46)55(48)41-25-19-37(20-26-41)38-21-27-42(28-22-38)56-47-17-9-7-15-43(47)53-50(56)31-32-52-54(53)44-16-8-10-18-51(44)57-52/h1-34H. The highest BCUT2D eigenvalue weighted by molar-refractivity contribution is 7.26. The van der Waals surface area contributed by atoms with Crippen LogP contribution in [0.3, 0.4) is 0 Å². The van der Waals surface area contributed by atoms with Crippen molar-refractivity contribution in [3.8, 4) is 44.8 Å². The highest BCUT2D eigenvalue weighted by Crippen LogP contribution is 2.44. The molecule has 3 heterocycles. The van der Waals surface area contributed by atoms with Crippen molar-refractivity contribution in [2.24, 2.45) is 0 Å². The topological polar surface area (TPSA) is 9.86 Å². The molecule has 0 amide bonds. The molecule has 0 aliphatic rings. The number of thiophene rings is 1. The number of hydrogen-bond donors (Lipinski definition) is 0. The maximum Gasteiger partial charge on any atom is 0.0548 e. The first kappa shape index (κ1) is 32.1. The molecule has 0 fully saturated rings. The summed E-state index contributed by atoms with van der Waals surface area (Å²) in [6.07, 6.45) is 0. The second-order valence-corrected chi connectivity index (χ2v) is 16.0. The first-order chi connectivity index (χ1) is 28.3. The lowest BCUT2D eigenvalue weighted by Crippen LogP contribution is -1.95. The van der Waals surface area contributed by atoms with Crippen LogP contribution in [-0.2, 0) is 0 Å². The van der Waals surface area contributed by atoms with E-state index in [1.807, 2.05) is 11.3 Å². The zero-order valence-electron chi connectivity index (χ0n) is 30.9. The average Bonchev–Trinajstić information content (AvgIpc) is 3.94. The quantitative estimate of drug-likeness (QED) is 0.166. The second-order valence-electron chi connectivity index (χ2n) is 14.9. The Hall–Kier alpha value is -7.20. The summed E-state index contributed by atoms with van der Waals surface area (Å²) in [5.74, 6) is 0. The number of benzene rings is 9. The summed E-state index contributed by atoms with van der Waals surface area (Å²) in [6, 6.07) is 75.5. The Morgan fingerprint density at radius 1 is 0.263 bits per heavy atom. The number of fused-ring (bicyclic) bond motifs is 10. The van der Waals surface area contributed by atoms with Crippen LogP contribution in [0, 0.1) is 0 Å². The van der Waals surface area contributed by atoms with Crippen molar-refractivity contribution < 1.29 is 0 Å². The Morgan fingerprint density at radius 2 is 0.702 bits per heavy atom. The summed E-state index contributed by atoms with van der Waals surface area (Å²) < 4.78 is 7.51. The minimum atomic E-state index is 1.15. The van der Waals surface area contributed by atoms with E-state index in [1.54, 1.807) is 0 Å². The minimum Gasteiger partial charge on any atom is -0.309 e. The van der Waals surface area contributed by atoms with Gasteiger partial charge in [-0.15, -0.1) is 11.3 Å². The van der Waals surface area contributed by atoms with Crippen molar-refractivity contribution in [3.63, 3.8) is 0 Å². The van der Waals surface area contributed by atoms with Crippen molar-refractivity contribution in [2.75, 3.05) is 0 Å². The van der Waals surface area contributed by atoms with Crippen LogP contribution in [0.1, 0.15) is 0 Å². The second kappa shape index (κ2) is 12.7. The first-order valence-corrected chi connectivity index (χ1v) is 20.3. The van der Waals surface area contributed by atoms with Crippen LogP contribution >= 0.6 is 11.3 Å². The number of hydrogen-bond acceptors (Lipinski definition) is 1. The Balaban J connectivity index is 0.947. The maximum absolute atomic E-state index is 2.43. The molecule has 2 nitrogen and oxygen atoms in total. The van der Waals surface area contributed by atoms with Gasteiger partial charge in [0.1, 0.15) is 0 Å². The molecule has 0 spiro atoms. The van der Waals surface area contributed by atoms with E-state index >= 15 is 0 Å². The van der Waals surface area contributed by atoms with Gasteiger partial charge in [-0.05, 0) is 106 Å². The van der Waals surface area contributed by atoms with Gasteiger partial charge in [0.05, 0.1) is 22.1 Å². The van der Waals surface area contributed by atoms with Crippen LogP contribution in [0.2, 0.25) is 0 Å². The van der Waals surface area contributed by atoms with E-state index < -0.39 is 0 Å². The van der Waals surface area contributed by atoms with Gasteiger partial charge in [-0.1, -0.05) is 133 Å². The molecule has 12 rings (SSSR count). The Kier molecular flexibility index (Phi) is 7.13.